The zero-order valence-corrected chi connectivity index (χ0v) is 14.2. The van der Waals surface area contributed by atoms with Gasteiger partial charge in [-0.15, -0.1) is 0 Å². The van der Waals surface area contributed by atoms with Gasteiger partial charge >= 0.3 is 0 Å². The van der Waals surface area contributed by atoms with Gasteiger partial charge in [0.1, 0.15) is 0 Å². The second-order valence-electron chi connectivity index (χ2n) is 6.14. The van der Waals surface area contributed by atoms with Gasteiger partial charge in [0.05, 0.1) is 6.54 Å². The smallest absolute Gasteiger partial charge is 0.253 e. The van der Waals surface area contributed by atoms with Crippen molar-refractivity contribution in [2.45, 2.75) is 26.7 Å². The van der Waals surface area contributed by atoms with Crippen LogP contribution in [0.15, 0.2) is 24.3 Å². The lowest BCUT2D eigenvalue weighted by atomic mass is 10.1. The highest BCUT2D eigenvalue weighted by molar-refractivity contribution is 5.94. The average Bonchev–Trinajstić information content (AvgIpc) is 2.55. The maximum Gasteiger partial charge on any atom is 0.253 e. The zero-order valence-electron chi connectivity index (χ0n) is 14.2. The van der Waals surface area contributed by atoms with Gasteiger partial charge in [-0.25, -0.2) is 0 Å². The standard InChI is InChI=1S/C18H27N3O2/c1-3-4-8-19-17(22)14-20-9-11-21(12-10-20)18(23)16-7-5-6-15(2)13-16/h5-7,13H,3-4,8-12,14H2,1-2H3,(H,19,22). The van der Waals surface area contributed by atoms with Crippen molar-refractivity contribution in [3.05, 3.63) is 35.4 Å². The van der Waals surface area contributed by atoms with Crippen molar-refractivity contribution in [1.82, 2.24) is 15.1 Å². The quantitative estimate of drug-likeness (QED) is 0.812. The molecule has 1 aromatic carbocycles. The number of carbonyl (C=O) groups excluding carboxylic acids is 2. The minimum absolute atomic E-state index is 0.0805. The number of amides is 2. The van der Waals surface area contributed by atoms with Crippen LogP contribution in [0.3, 0.4) is 0 Å². The Bertz CT molecular complexity index is 537. The number of unbranched alkanes of at least 4 members (excludes halogenated alkanes) is 1. The summed E-state index contributed by atoms with van der Waals surface area (Å²) < 4.78 is 0. The van der Waals surface area contributed by atoms with Crippen LogP contribution in [0.5, 0.6) is 0 Å². The third-order valence-electron chi connectivity index (χ3n) is 4.14. The Balaban J connectivity index is 1.77. The Morgan fingerprint density at radius 2 is 1.91 bits per heavy atom. The third kappa shape index (κ3) is 5.36. The number of nitrogens with one attached hydrogen (secondary N) is 1. The normalized spacial score (nSPS) is 15.5. The van der Waals surface area contributed by atoms with Gasteiger partial charge in [-0.1, -0.05) is 31.0 Å². The molecule has 126 valence electrons. The number of hydrogen-bond acceptors (Lipinski definition) is 3. The molecule has 0 aliphatic carbocycles. The fourth-order valence-corrected chi connectivity index (χ4v) is 2.73. The van der Waals surface area contributed by atoms with Crippen LogP contribution in [0.4, 0.5) is 0 Å². The predicted octanol–water partition coefficient (Wildman–Crippen LogP) is 1.67. The van der Waals surface area contributed by atoms with Crippen molar-refractivity contribution in [3.8, 4) is 0 Å². The molecule has 2 rings (SSSR count). The van der Waals surface area contributed by atoms with E-state index in [0.717, 1.165) is 43.6 Å². The summed E-state index contributed by atoms with van der Waals surface area (Å²) >= 11 is 0. The molecular weight excluding hydrogens is 290 g/mol. The number of nitrogens with zero attached hydrogens (tertiary/aromatic N) is 2. The SMILES string of the molecule is CCCCNC(=O)CN1CCN(C(=O)c2cccc(C)c2)CC1. The second-order valence-corrected chi connectivity index (χ2v) is 6.14. The third-order valence-corrected chi connectivity index (χ3v) is 4.14. The first-order valence-corrected chi connectivity index (χ1v) is 8.45. The Morgan fingerprint density at radius 3 is 2.57 bits per heavy atom. The molecular formula is C18H27N3O2. The molecule has 0 bridgehead atoms. The molecule has 1 heterocycles. The second kappa shape index (κ2) is 8.67. The molecule has 0 unspecified atom stereocenters. The van der Waals surface area contributed by atoms with E-state index in [9.17, 15) is 9.59 Å². The van der Waals surface area contributed by atoms with Crippen molar-refractivity contribution >= 4 is 11.8 Å². The maximum absolute atomic E-state index is 12.5. The molecule has 1 fully saturated rings. The summed E-state index contributed by atoms with van der Waals surface area (Å²) in [5, 5.41) is 2.94. The van der Waals surface area contributed by atoms with Gasteiger partial charge in [-0.2, -0.15) is 0 Å². The van der Waals surface area contributed by atoms with Crippen LogP contribution in [0.2, 0.25) is 0 Å². The van der Waals surface area contributed by atoms with Gasteiger partial charge < -0.3 is 10.2 Å². The lowest BCUT2D eigenvalue weighted by molar-refractivity contribution is -0.122. The molecule has 1 aliphatic heterocycles. The number of piperazine rings is 1. The van der Waals surface area contributed by atoms with Crippen LogP contribution in [-0.2, 0) is 4.79 Å². The molecule has 23 heavy (non-hydrogen) atoms. The van der Waals surface area contributed by atoms with Gasteiger partial charge in [0.2, 0.25) is 5.91 Å². The summed E-state index contributed by atoms with van der Waals surface area (Å²) in [5.74, 6) is 0.164. The van der Waals surface area contributed by atoms with Crippen molar-refractivity contribution < 1.29 is 9.59 Å². The van der Waals surface area contributed by atoms with E-state index in [-0.39, 0.29) is 11.8 Å². The summed E-state index contributed by atoms with van der Waals surface area (Å²) in [6, 6.07) is 7.70. The van der Waals surface area contributed by atoms with Crippen molar-refractivity contribution in [3.63, 3.8) is 0 Å². The van der Waals surface area contributed by atoms with Crippen molar-refractivity contribution in [2.24, 2.45) is 0 Å². The molecule has 0 saturated carbocycles. The molecule has 0 radical (unpaired) electrons. The molecule has 0 aromatic heterocycles. The van der Waals surface area contributed by atoms with Crippen LogP contribution in [0, 0.1) is 6.92 Å². The predicted molar refractivity (Wildman–Crippen MR) is 91.4 cm³/mol. The first-order chi connectivity index (χ1) is 11.1. The number of hydrogen-bond donors (Lipinski definition) is 1. The summed E-state index contributed by atoms with van der Waals surface area (Å²) in [5.41, 5.74) is 1.84. The minimum atomic E-state index is 0.0805. The fraction of sp³-hybridized carbons (Fsp3) is 0.556. The van der Waals surface area contributed by atoms with Crippen molar-refractivity contribution in [2.75, 3.05) is 39.3 Å². The lowest BCUT2D eigenvalue weighted by Gasteiger charge is -2.34. The van der Waals surface area contributed by atoms with E-state index in [1.165, 1.54) is 0 Å². The highest BCUT2D eigenvalue weighted by Gasteiger charge is 2.23. The van der Waals surface area contributed by atoms with Crippen LogP contribution in [0.1, 0.15) is 35.7 Å². The number of benzene rings is 1. The largest absolute Gasteiger partial charge is 0.355 e. The summed E-state index contributed by atoms with van der Waals surface area (Å²) in [6.45, 7) is 8.13. The van der Waals surface area contributed by atoms with Gasteiger partial charge in [0, 0.05) is 38.3 Å². The van der Waals surface area contributed by atoms with Crippen LogP contribution >= 0.6 is 0 Å². The highest BCUT2D eigenvalue weighted by Crippen LogP contribution is 2.10. The van der Waals surface area contributed by atoms with E-state index in [1.54, 1.807) is 0 Å². The van der Waals surface area contributed by atoms with E-state index in [2.05, 4.69) is 17.1 Å². The Labute approximate surface area is 138 Å². The topological polar surface area (TPSA) is 52.7 Å². The Hall–Kier alpha value is -1.88. The van der Waals surface area contributed by atoms with Crippen LogP contribution < -0.4 is 5.32 Å². The Kier molecular flexibility index (Phi) is 6.59. The molecule has 1 N–H and O–H groups in total. The van der Waals surface area contributed by atoms with Gasteiger partial charge in [0.25, 0.3) is 5.91 Å². The molecule has 1 saturated heterocycles. The van der Waals surface area contributed by atoms with E-state index < -0.39 is 0 Å². The fourth-order valence-electron chi connectivity index (χ4n) is 2.73. The lowest BCUT2D eigenvalue weighted by Crippen LogP contribution is -2.51. The molecule has 2 amide bonds. The highest BCUT2D eigenvalue weighted by atomic mass is 16.2. The average molecular weight is 317 g/mol. The number of carbonyl (C=O) groups is 2. The van der Waals surface area contributed by atoms with E-state index in [4.69, 9.17) is 0 Å². The summed E-state index contributed by atoms with van der Waals surface area (Å²) in [7, 11) is 0. The maximum atomic E-state index is 12.5. The first kappa shape index (κ1) is 17.5. The van der Waals surface area contributed by atoms with Crippen LogP contribution in [-0.4, -0.2) is 60.9 Å². The minimum Gasteiger partial charge on any atom is -0.355 e. The van der Waals surface area contributed by atoms with Crippen LogP contribution in [0.25, 0.3) is 0 Å². The Morgan fingerprint density at radius 1 is 1.17 bits per heavy atom. The van der Waals surface area contributed by atoms with Gasteiger partial charge in [0.15, 0.2) is 0 Å². The molecule has 5 nitrogen and oxygen atoms in total. The van der Waals surface area contributed by atoms with E-state index in [0.29, 0.717) is 19.6 Å². The molecule has 1 aliphatic rings. The van der Waals surface area contributed by atoms with E-state index in [1.807, 2.05) is 36.1 Å². The molecule has 0 spiro atoms. The number of aryl methyl sites for hydroxylation is 1. The van der Waals surface area contributed by atoms with Crippen molar-refractivity contribution in [1.29, 1.82) is 0 Å². The summed E-state index contributed by atoms with van der Waals surface area (Å²) in [6.07, 6.45) is 2.10. The molecule has 0 atom stereocenters. The van der Waals surface area contributed by atoms with E-state index >= 15 is 0 Å². The molecule has 5 heteroatoms. The summed E-state index contributed by atoms with van der Waals surface area (Å²) in [4.78, 5) is 28.3. The zero-order chi connectivity index (χ0) is 16.7. The van der Waals surface area contributed by atoms with Gasteiger partial charge in [-0.3, -0.25) is 14.5 Å². The first-order valence-electron chi connectivity index (χ1n) is 8.45. The molecule has 1 aromatic rings. The number of rotatable bonds is 6. The monoisotopic (exact) mass is 317 g/mol. The van der Waals surface area contributed by atoms with Gasteiger partial charge in [-0.05, 0) is 25.5 Å².